The van der Waals surface area contributed by atoms with E-state index in [1.807, 2.05) is 30.3 Å². The molecule has 0 spiro atoms. The highest BCUT2D eigenvalue weighted by Crippen LogP contribution is 2.25. The van der Waals surface area contributed by atoms with Crippen LogP contribution in [0.25, 0.3) is 17.0 Å². The molecule has 0 fully saturated rings. The number of allylic oxidation sites excluding steroid dienone is 1. The summed E-state index contributed by atoms with van der Waals surface area (Å²) in [6, 6.07) is 13.3. The van der Waals surface area contributed by atoms with Crippen LogP contribution < -0.4 is 4.74 Å². The summed E-state index contributed by atoms with van der Waals surface area (Å²) >= 11 is 0. The molecule has 0 saturated carbocycles. The number of fused-ring (bicyclic) bond motifs is 1. The molecule has 6 heteroatoms. The molecule has 0 unspecified atom stereocenters. The van der Waals surface area contributed by atoms with E-state index in [9.17, 15) is 14.7 Å². The summed E-state index contributed by atoms with van der Waals surface area (Å²) in [5.74, 6) is -1.15. The van der Waals surface area contributed by atoms with E-state index in [2.05, 4.69) is 0 Å². The van der Waals surface area contributed by atoms with E-state index in [0.717, 1.165) is 11.0 Å². The van der Waals surface area contributed by atoms with Crippen molar-refractivity contribution in [3.8, 4) is 11.5 Å². The van der Waals surface area contributed by atoms with Crippen LogP contribution in [-0.2, 0) is 4.79 Å². The molecule has 0 radical (unpaired) electrons. The van der Waals surface area contributed by atoms with Crippen molar-refractivity contribution < 1.29 is 29.0 Å². The van der Waals surface area contributed by atoms with Gasteiger partial charge in [-0.05, 0) is 36.4 Å². The van der Waals surface area contributed by atoms with E-state index in [1.54, 1.807) is 0 Å². The number of carbonyl (C=O) groups is 2. The van der Waals surface area contributed by atoms with Crippen molar-refractivity contribution in [2.45, 2.75) is 0 Å². The number of aliphatic carboxylic acids is 1. The Morgan fingerprint density at radius 2 is 1.92 bits per heavy atom. The normalized spacial score (nSPS) is 11.0. The number of furan rings is 1. The summed E-state index contributed by atoms with van der Waals surface area (Å²) in [6.45, 7) is -0.529. The number of carboxylic acids is 1. The predicted molar refractivity (Wildman–Crippen MR) is 90.8 cm³/mol. The van der Waals surface area contributed by atoms with Crippen molar-refractivity contribution in [1.82, 2.24) is 0 Å². The minimum absolute atomic E-state index is 0.0787. The van der Waals surface area contributed by atoms with Crippen LogP contribution in [-0.4, -0.2) is 28.6 Å². The van der Waals surface area contributed by atoms with Crippen LogP contribution in [0.1, 0.15) is 16.1 Å². The fourth-order valence-electron chi connectivity index (χ4n) is 2.29. The summed E-state index contributed by atoms with van der Waals surface area (Å²) in [5, 5.41) is 19.4. The van der Waals surface area contributed by atoms with Crippen molar-refractivity contribution >= 4 is 28.8 Å². The second-order valence-electron chi connectivity index (χ2n) is 5.25. The number of carboxylic acid groups (broad SMARTS) is 1. The van der Waals surface area contributed by atoms with Crippen LogP contribution in [0.5, 0.6) is 11.5 Å². The lowest BCUT2D eigenvalue weighted by molar-refractivity contribution is -0.139. The van der Waals surface area contributed by atoms with Crippen molar-refractivity contribution in [2.24, 2.45) is 0 Å². The van der Waals surface area contributed by atoms with E-state index in [1.165, 1.54) is 30.4 Å². The molecule has 2 aromatic carbocycles. The van der Waals surface area contributed by atoms with Gasteiger partial charge in [-0.1, -0.05) is 18.2 Å². The number of hydrogen-bond donors (Lipinski definition) is 2. The zero-order chi connectivity index (χ0) is 17.8. The largest absolute Gasteiger partial charge is 0.507 e. The molecule has 0 atom stereocenters. The lowest BCUT2D eigenvalue weighted by atomic mass is 10.1. The van der Waals surface area contributed by atoms with Gasteiger partial charge in [0.05, 0.1) is 5.56 Å². The molecule has 0 amide bonds. The minimum Gasteiger partial charge on any atom is -0.507 e. The first kappa shape index (κ1) is 16.3. The first-order valence-electron chi connectivity index (χ1n) is 7.41. The fraction of sp³-hybridized carbons (Fsp3) is 0.0526. The molecule has 25 heavy (non-hydrogen) atoms. The Bertz CT molecular complexity index is 934. The molecule has 0 aliphatic carbocycles. The summed E-state index contributed by atoms with van der Waals surface area (Å²) in [5.41, 5.74) is 0.799. The van der Waals surface area contributed by atoms with E-state index in [0.29, 0.717) is 5.76 Å². The van der Waals surface area contributed by atoms with Crippen LogP contribution in [0.2, 0.25) is 0 Å². The van der Waals surface area contributed by atoms with E-state index in [4.69, 9.17) is 14.3 Å². The molecule has 3 aromatic rings. The van der Waals surface area contributed by atoms with E-state index < -0.39 is 18.4 Å². The lowest BCUT2D eigenvalue weighted by Crippen LogP contribution is -2.09. The smallest absolute Gasteiger partial charge is 0.341 e. The number of rotatable bonds is 6. The van der Waals surface area contributed by atoms with Gasteiger partial charge in [0.1, 0.15) is 22.8 Å². The quantitative estimate of drug-likeness (QED) is 0.527. The Labute approximate surface area is 142 Å². The lowest BCUT2D eigenvalue weighted by Gasteiger charge is -2.05. The average molecular weight is 338 g/mol. The molecule has 2 N–H and O–H groups in total. The molecule has 6 nitrogen and oxygen atoms in total. The van der Waals surface area contributed by atoms with Gasteiger partial charge in [-0.3, -0.25) is 4.79 Å². The van der Waals surface area contributed by atoms with Gasteiger partial charge in [-0.25, -0.2) is 4.79 Å². The zero-order valence-corrected chi connectivity index (χ0v) is 13.0. The van der Waals surface area contributed by atoms with E-state index in [-0.39, 0.29) is 17.1 Å². The highest BCUT2D eigenvalue weighted by molar-refractivity contribution is 6.08. The molecule has 3 rings (SSSR count). The van der Waals surface area contributed by atoms with Crippen LogP contribution >= 0.6 is 0 Å². The predicted octanol–water partition coefficient (Wildman–Crippen LogP) is 3.50. The molecule has 1 aromatic heterocycles. The SMILES string of the molecule is O=C(O)COc1ccc(C(=O)C=Cc2cc3ccccc3o2)c(O)c1. The first-order chi connectivity index (χ1) is 12.0. The third-order valence-corrected chi connectivity index (χ3v) is 3.44. The number of aromatic hydroxyl groups is 1. The van der Waals surface area contributed by atoms with Gasteiger partial charge >= 0.3 is 5.97 Å². The third-order valence-electron chi connectivity index (χ3n) is 3.44. The van der Waals surface area contributed by atoms with Gasteiger partial charge in [0.25, 0.3) is 0 Å². The van der Waals surface area contributed by atoms with Crippen LogP contribution in [0.4, 0.5) is 0 Å². The van der Waals surface area contributed by atoms with Crippen LogP contribution in [0.15, 0.2) is 59.0 Å². The van der Waals surface area contributed by atoms with Gasteiger partial charge in [0, 0.05) is 11.5 Å². The Hall–Kier alpha value is -3.54. The van der Waals surface area contributed by atoms with Crippen molar-refractivity contribution in [2.75, 3.05) is 6.61 Å². The Morgan fingerprint density at radius 3 is 2.64 bits per heavy atom. The molecule has 0 aliphatic rings. The minimum atomic E-state index is -1.13. The number of phenols is 1. The zero-order valence-electron chi connectivity index (χ0n) is 13.0. The molecular formula is C19H14O6. The Morgan fingerprint density at radius 1 is 1.12 bits per heavy atom. The molecule has 0 bridgehead atoms. The second-order valence-corrected chi connectivity index (χ2v) is 5.25. The maximum Gasteiger partial charge on any atom is 0.341 e. The van der Waals surface area contributed by atoms with Gasteiger partial charge in [0.2, 0.25) is 0 Å². The van der Waals surface area contributed by atoms with Crippen molar-refractivity contribution in [3.63, 3.8) is 0 Å². The number of phenolic OH excluding ortho intramolecular Hbond substituents is 1. The Kier molecular flexibility index (Phi) is 4.52. The van der Waals surface area contributed by atoms with Crippen LogP contribution in [0.3, 0.4) is 0 Å². The highest BCUT2D eigenvalue weighted by atomic mass is 16.5. The van der Waals surface area contributed by atoms with Gasteiger partial charge in [-0.15, -0.1) is 0 Å². The molecule has 1 heterocycles. The summed E-state index contributed by atoms with van der Waals surface area (Å²) in [6.07, 6.45) is 2.82. The molecule has 126 valence electrons. The second kappa shape index (κ2) is 6.92. The first-order valence-corrected chi connectivity index (χ1v) is 7.41. The number of hydrogen-bond acceptors (Lipinski definition) is 5. The number of carbonyl (C=O) groups excluding carboxylic acids is 1. The number of ketones is 1. The highest BCUT2D eigenvalue weighted by Gasteiger charge is 2.11. The van der Waals surface area contributed by atoms with Crippen molar-refractivity contribution in [1.29, 1.82) is 0 Å². The monoisotopic (exact) mass is 338 g/mol. The van der Waals surface area contributed by atoms with Gasteiger partial charge in [-0.2, -0.15) is 0 Å². The van der Waals surface area contributed by atoms with E-state index >= 15 is 0 Å². The average Bonchev–Trinajstić information content (AvgIpc) is 3.01. The summed E-state index contributed by atoms with van der Waals surface area (Å²) in [7, 11) is 0. The summed E-state index contributed by atoms with van der Waals surface area (Å²) in [4.78, 5) is 22.7. The maximum absolute atomic E-state index is 12.2. The molecule has 0 saturated heterocycles. The van der Waals surface area contributed by atoms with Gasteiger partial charge < -0.3 is 19.4 Å². The summed E-state index contributed by atoms with van der Waals surface area (Å²) < 4.78 is 10.5. The standard InChI is InChI=1S/C19H14O6/c20-16(8-6-14-9-12-3-1-2-4-18(12)25-14)15-7-5-13(10-17(15)21)24-11-19(22)23/h1-10,21H,11H2,(H,22,23). The molecule has 0 aliphatic heterocycles. The number of benzene rings is 2. The molecular weight excluding hydrogens is 324 g/mol. The topological polar surface area (TPSA) is 97.0 Å². The number of ether oxygens (including phenoxy) is 1. The number of para-hydroxylation sites is 1. The van der Waals surface area contributed by atoms with Crippen LogP contribution in [0, 0.1) is 0 Å². The maximum atomic E-state index is 12.2. The Balaban J connectivity index is 1.75. The van der Waals surface area contributed by atoms with Crippen molar-refractivity contribution in [3.05, 3.63) is 65.9 Å². The fourth-order valence-corrected chi connectivity index (χ4v) is 2.29. The van der Waals surface area contributed by atoms with Gasteiger partial charge in [0.15, 0.2) is 12.4 Å². The third kappa shape index (κ3) is 3.87.